The maximum absolute atomic E-state index is 13.2. The molecule has 0 saturated carbocycles. The molecule has 0 bridgehead atoms. The lowest BCUT2D eigenvalue weighted by molar-refractivity contribution is -0.202. The first-order valence-corrected chi connectivity index (χ1v) is 9.94. The summed E-state index contributed by atoms with van der Waals surface area (Å²) < 4.78 is 18.1. The van der Waals surface area contributed by atoms with Crippen molar-refractivity contribution in [2.24, 2.45) is 0 Å². The zero-order chi connectivity index (χ0) is 21.5. The monoisotopic (exact) mass is 412 g/mol. The molecule has 4 rings (SSSR count). The fourth-order valence-corrected chi connectivity index (χ4v) is 5.05. The molecule has 1 spiro atoms. The minimum Gasteiger partial charge on any atom is -0.394 e. The van der Waals surface area contributed by atoms with Crippen LogP contribution in [0, 0.1) is 5.82 Å². The van der Waals surface area contributed by atoms with E-state index in [1.54, 1.807) is 21.9 Å². The fourth-order valence-electron chi connectivity index (χ4n) is 5.05. The zero-order valence-electron chi connectivity index (χ0n) is 17.0. The van der Waals surface area contributed by atoms with Gasteiger partial charge in [-0.3, -0.25) is 9.59 Å². The predicted octanol–water partition coefficient (Wildman–Crippen LogP) is 2.03. The van der Waals surface area contributed by atoms with E-state index in [9.17, 15) is 19.1 Å². The molecule has 30 heavy (non-hydrogen) atoms. The van der Waals surface area contributed by atoms with Crippen molar-refractivity contribution in [2.75, 3.05) is 33.4 Å². The normalized spacial score (nSPS) is 21.9. The largest absolute Gasteiger partial charge is 0.394 e. The average Bonchev–Trinajstić information content (AvgIpc) is 2.67. The van der Waals surface area contributed by atoms with Crippen LogP contribution in [0.25, 0.3) is 11.1 Å². The molecule has 2 amide bonds. The van der Waals surface area contributed by atoms with Crippen molar-refractivity contribution in [1.82, 2.24) is 9.80 Å². The second-order valence-corrected chi connectivity index (χ2v) is 8.03. The Balaban J connectivity index is 1.60. The number of halogens is 1. The van der Waals surface area contributed by atoms with Crippen LogP contribution in [-0.2, 0) is 14.3 Å². The van der Waals surface area contributed by atoms with E-state index in [4.69, 9.17) is 4.74 Å². The van der Waals surface area contributed by atoms with Crippen LogP contribution in [0.1, 0.15) is 18.4 Å². The van der Waals surface area contributed by atoms with Gasteiger partial charge in [0.15, 0.2) is 0 Å². The molecule has 0 radical (unpaired) electrons. The summed E-state index contributed by atoms with van der Waals surface area (Å²) in [5.74, 6) is -0.559. The number of hydrogen-bond donors (Lipinski definition) is 1. The molecule has 6 nitrogen and oxygen atoms in total. The molecule has 2 heterocycles. The first-order chi connectivity index (χ1) is 14.4. The summed E-state index contributed by atoms with van der Waals surface area (Å²) in [4.78, 5) is 27.9. The number of aliphatic hydroxyl groups excluding tert-OH is 1. The summed E-state index contributed by atoms with van der Waals surface area (Å²) in [6.45, 7) is 2.22. The van der Waals surface area contributed by atoms with E-state index in [1.165, 1.54) is 26.2 Å². The van der Waals surface area contributed by atoms with Crippen molar-refractivity contribution in [3.05, 3.63) is 59.9 Å². The van der Waals surface area contributed by atoms with Crippen LogP contribution < -0.4 is 0 Å². The summed E-state index contributed by atoms with van der Waals surface area (Å²) >= 11 is 0. The highest BCUT2D eigenvalue weighted by atomic mass is 19.1. The number of nitrogens with zero attached hydrogens (tertiary/aromatic N) is 2. The van der Waals surface area contributed by atoms with Crippen molar-refractivity contribution >= 4 is 11.8 Å². The Bertz CT molecular complexity index is 939. The molecular weight excluding hydrogens is 387 g/mol. The van der Waals surface area contributed by atoms with Gasteiger partial charge in [-0.1, -0.05) is 36.4 Å². The summed E-state index contributed by atoms with van der Waals surface area (Å²) in [5, 5.41) is 9.98. The molecule has 7 heteroatoms. The Hall–Kier alpha value is -2.77. The molecule has 2 aromatic carbocycles. The van der Waals surface area contributed by atoms with Gasteiger partial charge in [0.1, 0.15) is 12.4 Å². The molecule has 2 saturated heterocycles. The van der Waals surface area contributed by atoms with Gasteiger partial charge in [-0.05, 0) is 28.8 Å². The number of aliphatic hydroxyl groups is 1. The quantitative estimate of drug-likeness (QED) is 0.816. The average molecular weight is 412 g/mol. The SMILES string of the molecule is COCC(=O)N1CC2(C1)[C@H](c1ccc(-c3ccc(F)cc3)cc1)[C@H](CO)N2C(C)=O. The molecule has 0 unspecified atom stereocenters. The highest BCUT2D eigenvalue weighted by molar-refractivity contribution is 5.82. The molecule has 1 N–H and O–H groups in total. The third-order valence-corrected chi connectivity index (χ3v) is 6.30. The standard InChI is InChI=1S/C23H25FN2O4/c1-15(28)26-20(11-27)22(23(26)13-25(14-23)21(29)12-30-2)18-5-3-16(4-6-18)17-7-9-19(24)10-8-17/h3-10,20,22,27H,11-14H2,1-2H3/t20-,22+/m0/s1. The zero-order valence-corrected chi connectivity index (χ0v) is 17.0. The van der Waals surface area contributed by atoms with Crippen LogP contribution in [0.15, 0.2) is 48.5 Å². The number of likely N-dealkylation sites (tertiary alicyclic amines) is 2. The number of ether oxygens (including phenoxy) is 1. The highest BCUT2D eigenvalue weighted by Gasteiger charge is 2.67. The van der Waals surface area contributed by atoms with Crippen molar-refractivity contribution < 1.29 is 23.8 Å². The van der Waals surface area contributed by atoms with Gasteiger partial charge in [-0.25, -0.2) is 4.39 Å². The smallest absolute Gasteiger partial charge is 0.248 e. The van der Waals surface area contributed by atoms with Crippen LogP contribution in [-0.4, -0.2) is 71.7 Å². The number of rotatable bonds is 5. The maximum atomic E-state index is 13.2. The Morgan fingerprint density at radius 2 is 1.67 bits per heavy atom. The lowest BCUT2D eigenvalue weighted by atomic mass is 9.60. The van der Waals surface area contributed by atoms with E-state index < -0.39 is 5.54 Å². The molecule has 0 aliphatic carbocycles. The molecule has 2 fully saturated rings. The molecular formula is C23H25FN2O4. The van der Waals surface area contributed by atoms with Gasteiger partial charge in [0, 0.05) is 33.0 Å². The number of methoxy groups -OCH3 is 1. The third kappa shape index (κ3) is 3.18. The molecule has 2 aliphatic heterocycles. The van der Waals surface area contributed by atoms with Crippen LogP contribution in [0.4, 0.5) is 4.39 Å². The minimum atomic E-state index is -0.500. The molecule has 158 valence electrons. The second kappa shape index (κ2) is 7.81. The molecule has 0 aromatic heterocycles. The highest BCUT2D eigenvalue weighted by Crippen LogP contribution is 2.54. The summed E-state index contributed by atoms with van der Waals surface area (Å²) in [7, 11) is 1.48. The van der Waals surface area contributed by atoms with Gasteiger partial charge < -0.3 is 19.6 Å². The van der Waals surface area contributed by atoms with E-state index >= 15 is 0 Å². The molecule has 2 atom stereocenters. The number of carbonyl (C=O) groups is 2. The van der Waals surface area contributed by atoms with Crippen LogP contribution in [0.2, 0.25) is 0 Å². The van der Waals surface area contributed by atoms with Gasteiger partial charge in [0.25, 0.3) is 0 Å². The molecule has 2 aromatic rings. The Kier molecular flexibility index (Phi) is 5.34. The van der Waals surface area contributed by atoms with Gasteiger partial charge in [-0.2, -0.15) is 0 Å². The van der Waals surface area contributed by atoms with Gasteiger partial charge >= 0.3 is 0 Å². The van der Waals surface area contributed by atoms with Crippen molar-refractivity contribution in [1.29, 1.82) is 0 Å². The molecule has 2 aliphatic rings. The summed E-state index contributed by atoms with van der Waals surface area (Å²) in [6.07, 6.45) is 0. The number of amides is 2. The lowest BCUT2D eigenvalue weighted by Crippen LogP contribution is -2.85. The van der Waals surface area contributed by atoms with Gasteiger partial charge in [0.05, 0.1) is 18.2 Å². The van der Waals surface area contributed by atoms with Gasteiger partial charge in [0.2, 0.25) is 11.8 Å². The summed E-state index contributed by atoms with van der Waals surface area (Å²) in [6, 6.07) is 13.9. The first-order valence-electron chi connectivity index (χ1n) is 9.94. The van der Waals surface area contributed by atoms with Crippen molar-refractivity contribution in [3.8, 4) is 11.1 Å². The lowest BCUT2D eigenvalue weighted by Gasteiger charge is -2.70. The number of benzene rings is 2. The van der Waals surface area contributed by atoms with E-state index in [0.717, 1.165) is 16.7 Å². The van der Waals surface area contributed by atoms with E-state index in [2.05, 4.69) is 0 Å². The van der Waals surface area contributed by atoms with Gasteiger partial charge in [-0.15, -0.1) is 0 Å². The fraction of sp³-hybridized carbons (Fsp3) is 0.391. The third-order valence-electron chi connectivity index (χ3n) is 6.30. The second-order valence-electron chi connectivity index (χ2n) is 8.03. The Morgan fingerprint density at radius 1 is 1.10 bits per heavy atom. The van der Waals surface area contributed by atoms with Crippen LogP contribution in [0.5, 0.6) is 0 Å². The van der Waals surface area contributed by atoms with Crippen LogP contribution in [0.3, 0.4) is 0 Å². The van der Waals surface area contributed by atoms with Crippen molar-refractivity contribution in [3.63, 3.8) is 0 Å². The van der Waals surface area contributed by atoms with E-state index in [-0.39, 0.29) is 42.8 Å². The maximum Gasteiger partial charge on any atom is 0.248 e. The van der Waals surface area contributed by atoms with E-state index in [1.807, 2.05) is 24.3 Å². The Morgan fingerprint density at radius 3 is 2.17 bits per heavy atom. The van der Waals surface area contributed by atoms with Crippen LogP contribution >= 0.6 is 0 Å². The summed E-state index contributed by atoms with van der Waals surface area (Å²) in [5.41, 5.74) is 2.38. The minimum absolute atomic E-state index is 0.0105. The van der Waals surface area contributed by atoms with E-state index in [0.29, 0.717) is 13.1 Å². The first kappa shape index (κ1) is 20.5. The predicted molar refractivity (Wildman–Crippen MR) is 109 cm³/mol. The number of carbonyl (C=O) groups excluding carboxylic acids is 2. The topological polar surface area (TPSA) is 70.1 Å². The van der Waals surface area contributed by atoms with Crippen molar-refractivity contribution in [2.45, 2.75) is 24.4 Å². The Labute approximate surface area is 174 Å². The number of hydrogen-bond acceptors (Lipinski definition) is 4.